The number of aryl methyl sites for hydroxylation is 1. The van der Waals surface area contributed by atoms with Gasteiger partial charge in [0, 0.05) is 30.0 Å². The van der Waals surface area contributed by atoms with E-state index in [0.29, 0.717) is 42.4 Å². The van der Waals surface area contributed by atoms with E-state index in [1.165, 1.54) is 0 Å². The van der Waals surface area contributed by atoms with E-state index >= 15 is 0 Å². The number of nitrogens with zero attached hydrogens (tertiary/aromatic N) is 2. The molecule has 6 heteroatoms. The van der Waals surface area contributed by atoms with Crippen molar-refractivity contribution in [3.63, 3.8) is 0 Å². The first-order valence-corrected chi connectivity index (χ1v) is 9.36. The van der Waals surface area contributed by atoms with Crippen LogP contribution in [-0.4, -0.2) is 16.0 Å². The van der Waals surface area contributed by atoms with Crippen LogP contribution in [0.25, 0.3) is 0 Å². The highest BCUT2D eigenvalue weighted by Gasteiger charge is 2.20. The monoisotopic (exact) mass is 379 g/mol. The zero-order valence-electron chi connectivity index (χ0n) is 16.4. The summed E-state index contributed by atoms with van der Waals surface area (Å²) in [6, 6.07) is 16.9. The van der Waals surface area contributed by atoms with Crippen LogP contribution in [0.5, 0.6) is 11.5 Å². The minimum absolute atomic E-state index is 0.0626. The molecule has 0 aliphatic carbocycles. The van der Waals surface area contributed by atoms with Gasteiger partial charge in [-0.05, 0) is 30.7 Å². The third-order valence-corrected chi connectivity index (χ3v) is 4.03. The summed E-state index contributed by atoms with van der Waals surface area (Å²) >= 11 is 0. The molecule has 28 heavy (non-hydrogen) atoms. The SMILES string of the molecule is CC(C)(C)c1noc(CCCC(=O)Nc2cccc(Oc3ccccc3)c2)n1. The number of para-hydroxylation sites is 1. The van der Waals surface area contributed by atoms with Gasteiger partial charge < -0.3 is 14.6 Å². The van der Waals surface area contributed by atoms with E-state index in [9.17, 15) is 4.79 Å². The van der Waals surface area contributed by atoms with Crippen LogP contribution in [0.1, 0.15) is 45.3 Å². The summed E-state index contributed by atoms with van der Waals surface area (Å²) in [6.07, 6.45) is 1.59. The molecule has 0 aliphatic rings. The molecule has 0 saturated heterocycles. The molecule has 0 saturated carbocycles. The number of hydrogen-bond donors (Lipinski definition) is 1. The normalized spacial score (nSPS) is 11.2. The van der Waals surface area contributed by atoms with Crippen LogP contribution in [0, 0.1) is 0 Å². The third kappa shape index (κ3) is 5.67. The van der Waals surface area contributed by atoms with Crippen molar-refractivity contribution in [3.05, 3.63) is 66.3 Å². The van der Waals surface area contributed by atoms with Crippen molar-refractivity contribution in [2.45, 2.75) is 45.4 Å². The highest BCUT2D eigenvalue weighted by atomic mass is 16.5. The molecule has 1 amide bonds. The molecule has 6 nitrogen and oxygen atoms in total. The van der Waals surface area contributed by atoms with E-state index in [1.807, 2.05) is 69.3 Å². The maximum Gasteiger partial charge on any atom is 0.226 e. The quantitative estimate of drug-likeness (QED) is 0.616. The highest BCUT2D eigenvalue weighted by molar-refractivity contribution is 5.90. The lowest BCUT2D eigenvalue weighted by Gasteiger charge is -2.10. The summed E-state index contributed by atoms with van der Waals surface area (Å²) < 4.78 is 11.0. The van der Waals surface area contributed by atoms with Crippen LogP contribution >= 0.6 is 0 Å². The minimum Gasteiger partial charge on any atom is -0.457 e. The van der Waals surface area contributed by atoms with E-state index < -0.39 is 0 Å². The molecule has 146 valence electrons. The van der Waals surface area contributed by atoms with Gasteiger partial charge in [-0.25, -0.2) is 0 Å². The van der Waals surface area contributed by atoms with Crippen LogP contribution in [-0.2, 0) is 16.6 Å². The molecule has 1 aromatic heterocycles. The first-order chi connectivity index (χ1) is 13.4. The van der Waals surface area contributed by atoms with Gasteiger partial charge in [-0.3, -0.25) is 4.79 Å². The molecule has 1 heterocycles. The van der Waals surface area contributed by atoms with Crippen LogP contribution < -0.4 is 10.1 Å². The van der Waals surface area contributed by atoms with Gasteiger partial charge >= 0.3 is 0 Å². The fourth-order valence-electron chi connectivity index (χ4n) is 2.55. The Morgan fingerprint density at radius 1 is 1.07 bits per heavy atom. The fraction of sp³-hybridized carbons (Fsp3) is 0.318. The molecule has 0 atom stereocenters. The van der Waals surface area contributed by atoms with Gasteiger partial charge in [-0.2, -0.15) is 4.98 Å². The maximum atomic E-state index is 12.2. The van der Waals surface area contributed by atoms with Crippen molar-refractivity contribution >= 4 is 11.6 Å². The van der Waals surface area contributed by atoms with Gasteiger partial charge in [0.05, 0.1) is 0 Å². The van der Waals surface area contributed by atoms with Crippen LogP contribution in [0.2, 0.25) is 0 Å². The molecular weight excluding hydrogens is 354 g/mol. The second-order valence-corrected chi connectivity index (χ2v) is 7.61. The Bertz CT molecular complexity index is 914. The van der Waals surface area contributed by atoms with Crippen molar-refractivity contribution in [1.82, 2.24) is 10.1 Å². The Morgan fingerprint density at radius 3 is 2.54 bits per heavy atom. The number of benzene rings is 2. The fourth-order valence-corrected chi connectivity index (χ4v) is 2.55. The third-order valence-electron chi connectivity index (χ3n) is 4.03. The number of carbonyl (C=O) groups excluding carboxylic acids is 1. The second-order valence-electron chi connectivity index (χ2n) is 7.61. The number of rotatable bonds is 7. The summed E-state index contributed by atoms with van der Waals surface area (Å²) in [5, 5.41) is 6.89. The van der Waals surface area contributed by atoms with Gasteiger partial charge in [0.1, 0.15) is 11.5 Å². The average molecular weight is 379 g/mol. The molecule has 2 aromatic carbocycles. The smallest absolute Gasteiger partial charge is 0.226 e. The molecule has 0 bridgehead atoms. The molecule has 1 N–H and O–H groups in total. The highest BCUT2D eigenvalue weighted by Crippen LogP contribution is 2.24. The van der Waals surface area contributed by atoms with Crippen molar-refractivity contribution in [1.29, 1.82) is 0 Å². The van der Waals surface area contributed by atoms with Gasteiger partial charge in [0.15, 0.2) is 5.82 Å². The Morgan fingerprint density at radius 2 is 1.82 bits per heavy atom. The zero-order chi connectivity index (χ0) is 20.0. The minimum atomic E-state index is -0.147. The topological polar surface area (TPSA) is 77.2 Å². The molecule has 3 rings (SSSR count). The number of aromatic nitrogens is 2. The Hall–Kier alpha value is -3.15. The lowest BCUT2D eigenvalue weighted by Crippen LogP contribution is -2.13. The van der Waals surface area contributed by atoms with E-state index in [2.05, 4.69) is 15.5 Å². The first-order valence-electron chi connectivity index (χ1n) is 9.36. The van der Waals surface area contributed by atoms with E-state index in [-0.39, 0.29) is 11.3 Å². The lowest BCUT2D eigenvalue weighted by atomic mass is 9.96. The summed E-state index contributed by atoms with van der Waals surface area (Å²) in [6.45, 7) is 6.10. The van der Waals surface area contributed by atoms with E-state index in [0.717, 1.165) is 5.75 Å². The molecule has 3 aromatic rings. The first kappa shape index (κ1) is 19.6. The number of nitrogens with one attached hydrogen (secondary N) is 1. The van der Waals surface area contributed by atoms with Crippen LogP contribution in [0.4, 0.5) is 5.69 Å². The van der Waals surface area contributed by atoms with Crippen molar-refractivity contribution < 1.29 is 14.1 Å². The Labute approximate surface area is 164 Å². The average Bonchev–Trinajstić information content (AvgIpc) is 3.12. The van der Waals surface area contributed by atoms with Crippen molar-refractivity contribution in [2.75, 3.05) is 5.32 Å². The molecule has 0 aliphatic heterocycles. The van der Waals surface area contributed by atoms with Crippen LogP contribution in [0.15, 0.2) is 59.1 Å². The van der Waals surface area contributed by atoms with Crippen molar-refractivity contribution in [3.8, 4) is 11.5 Å². The molecule has 0 spiro atoms. The Kier molecular flexibility index (Phi) is 6.09. The van der Waals surface area contributed by atoms with Crippen LogP contribution in [0.3, 0.4) is 0 Å². The number of anilines is 1. The summed E-state index contributed by atoms with van der Waals surface area (Å²) in [5.41, 5.74) is 0.553. The standard InChI is InChI=1S/C22H25N3O3/c1-22(2,3)21-24-20(28-25-21)14-8-13-19(26)23-16-9-7-12-18(15-16)27-17-10-5-4-6-11-17/h4-7,9-12,15H,8,13-14H2,1-3H3,(H,23,26). The summed E-state index contributed by atoms with van der Waals surface area (Å²) in [5.74, 6) is 2.61. The Balaban J connectivity index is 1.48. The van der Waals surface area contributed by atoms with Crippen molar-refractivity contribution in [2.24, 2.45) is 0 Å². The molecular formula is C22H25N3O3. The zero-order valence-corrected chi connectivity index (χ0v) is 16.4. The van der Waals surface area contributed by atoms with Gasteiger partial charge in [0.2, 0.25) is 11.8 Å². The van der Waals surface area contributed by atoms with Gasteiger partial charge in [-0.1, -0.05) is 50.2 Å². The number of carbonyl (C=O) groups is 1. The largest absolute Gasteiger partial charge is 0.457 e. The van der Waals surface area contributed by atoms with Gasteiger partial charge in [0.25, 0.3) is 0 Å². The predicted octanol–water partition coefficient (Wildman–Crippen LogP) is 5.12. The lowest BCUT2D eigenvalue weighted by molar-refractivity contribution is -0.116. The number of amides is 1. The molecule has 0 unspecified atom stereocenters. The molecule has 0 radical (unpaired) electrons. The van der Waals surface area contributed by atoms with Gasteiger partial charge in [-0.15, -0.1) is 0 Å². The number of ether oxygens (including phenoxy) is 1. The summed E-state index contributed by atoms with van der Waals surface area (Å²) in [4.78, 5) is 16.6. The van der Waals surface area contributed by atoms with E-state index in [1.54, 1.807) is 6.07 Å². The van der Waals surface area contributed by atoms with E-state index in [4.69, 9.17) is 9.26 Å². The maximum absolute atomic E-state index is 12.2. The molecule has 0 fully saturated rings. The number of hydrogen-bond acceptors (Lipinski definition) is 5. The summed E-state index contributed by atoms with van der Waals surface area (Å²) in [7, 11) is 0. The predicted molar refractivity (Wildman–Crippen MR) is 108 cm³/mol. The second kappa shape index (κ2) is 8.69.